The molecule has 1 aromatic carbocycles. The largest absolute Gasteiger partial charge is 0.388 e. The first-order chi connectivity index (χ1) is 8.89. The summed E-state index contributed by atoms with van der Waals surface area (Å²) in [5, 5.41) is 13.8. The summed E-state index contributed by atoms with van der Waals surface area (Å²) in [6, 6.07) is 6.73. The molecule has 1 aliphatic carbocycles. The molecule has 2 atom stereocenters. The Morgan fingerprint density at radius 1 is 1.47 bits per heavy atom. The molecule has 0 aliphatic heterocycles. The quantitative estimate of drug-likeness (QED) is 0.871. The van der Waals surface area contributed by atoms with E-state index in [1.54, 1.807) is 0 Å². The second kappa shape index (κ2) is 5.92. The van der Waals surface area contributed by atoms with Gasteiger partial charge in [-0.05, 0) is 51.1 Å². The molecule has 0 amide bonds. The fraction of sp³-hybridized carbons (Fsp3) is 0.600. The number of hydrogen-bond donors (Lipinski definition) is 2. The van der Waals surface area contributed by atoms with Crippen LogP contribution < -0.4 is 5.32 Å². The first kappa shape index (κ1) is 15.0. The number of likely N-dealkylation sites (N-methyl/N-ethyl adjacent to an activating group) is 1. The van der Waals surface area contributed by atoms with E-state index in [0.717, 1.165) is 12.8 Å². The number of rotatable bonds is 5. The van der Waals surface area contributed by atoms with Gasteiger partial charge in [0, 0.05) is 23.6 Å². The van der Waals surface area contributed by atoms with Crippen molar-refractivity contribution in [1.82, 2.24) is 10.2 Å². The van der Waals surface area contributed by atoms with E-state index in [4.69, 9.17) is 0 Å². The van der Waals surface area contributed by atoms with Crippen molar-refractivity contribution >= 4 is 15.9 Å². The van der Waals surface area contributed by atoms with Crippen molar-refractivity contribution in [1.29, 1.82) is 0 Å². The summed E-state index contributed by atoms with van der Waals surface area (Å²) in [5.41, 5.74) is 2.08. The lowest BCUT2D eigenvalue weighted by Gasteiger charge is -2.29. The molecular weight excluding hydrogens is 304 g/mol. The molecule has 0 saturated carbocycles. The lowest BCUT2D eigenvalue weighted by atomic mass is 10.0. The molecule has 3 nitrogen and oxygen atoms in total. The molecule has 0 bridgehead atoms. The molecule has 0 saturated heterocycles. The zero-order chi connectivity index (χ0) is 14.0. The second-order valence-corrected chi connectivity index (χ2v) is 6.87. The SMILES string of the molecule is CN(C)CC(C)(O)CNC1CCc2c(Br)cccc21. The van der Waals surface area contributed by atoms with Gasteiger partial charge in [-0.15, -0.1) is 0 Å². The van der Waals surface area contributed by atoms with Crippen LogP contribution >= 0.6 is 15.9 Å². The highest BCUT2D eigenvalue weighted by atomic mass is 79.9. The lowest BCUT2D eigenvalue weighted by Crippen LogP contribution is -2.46. The van der Waals surface area contributed by atoms with Crippen LogP contribution in [0.4, 0.5) is 0 Å². The third-order valence-electron chi connectivity index (χ3n) is 3.60. The van der Waals surface area contributed by atoms with Crippen molar-refractivity contribution in [3.63, 3.8) is 0 Å². The Labute approximate surface area is 124 Å². The molecule has 1 aromatic rings. The average molecular weight is 327 g/mol. The fourth-order valence-corrected chi connectivity index (χ4v) is 3.48. The summed E-state index contributed by atoms with van der Waals surface area (Å²) in [4.78, 5) is 2.01. The summed E-state index contributed by atoms with van der Waals surface area (Å²) in [6.07, 6.45) is 2.21. The van der Waals surface area contributed by atoms with Gasteiger partial charge in [0.1, 0.15) is 0 Å². The van der Waals surface area contributed by atoms with Gasteiger partial charge >= 0.3 is 0 Å². The topological polar surface area (TPSA) is 35.5 Å². The van der Waals surface area contributed by atoms with Crippen LogP contribution in [0.3, 0.4) is 0 Å². The molecule has 19 heavy (non-hydrogen) atoms. The Balaban J connectivity index is 1.98. The van der Waals surface area contributed by atoms with Crippen molar-refractivity contribution in [3.8, 4) is 0 Å². The Morgan fingerprint density at radius 2 is 2.21 bits per heavy atom. The van der Waals surface area contributed by atoms with Crippen molar-refractivity contribution in [3.05, 3.63) is 33.8 Å². The maximum atomic E-state index is 10.3. The molecule has 0 fully saturated rings. The monoisotopic (exact) mass is 326 g/mol. The Morgan fingerprint density at radius 3 is 2.89 bits per heavy atom. The summed E-state index contributed by atoms with van der Waals surface area (Å²) in [5.74, 6) is 0. The Kier molecular flexibility index (Phi) is 4.66. The lowest BCUT2D eigenvalue weighted by molar-refractivity contribution is 0.0313. The molecule has 0 radical (unpaired) electrons. The van der Waals surface area contributed by atoms with Gasteiger partial charge in [-0.2, -0.15) is 0 Å². The van der Waals surface area contributed by atoms with Crippen LogP contribution in [-0.4, -0.2) is 42.8 Å². The van der Waals surface area contributed by atoms with Gasteiger partial charge in [0.15, 0.2) is 0 Å². The molecule has 4 heteroatoms. The van der Waals surface area contributed by atoms with E-state index < -0.39 is 5.60 Å². The number of nitrogens with zero attached hydrogens (tertiary/aromatic N) is 1. The molecule has 2 N–H and O–H groups in total. The normalized spacial score (nSPS) is 21.5. The molecule has 0 spiro atoms. The van der Waals surface area contributed by atoms with Crippen LogP contribution in [0.1, 0.15) is 30.5 Å². The molecule has 1 aliphatic rings. The van der Waals surface area contributed by atoms with Crippen LogP contribution in [0.2, 0.25) is 0 Å². The zero-order valence-corrected chi connectivity index (χ0v) is 13.5. The fourth-order valence-electron chi connectivity index (χ4n) is 2.90. The summed E-state index contributed by atoms with van der Waals surface area (Å²) in [7, 11) is 3.97. The van der Waals surface area contributed by atoms with Crippen molar-refractivity contribution in [2.45, 2.75) is 31.4 Å². The highest BCUT2D eigenvalue weighted by Gasteiger charge is 2.27. The number of hydrogen-bond acceptors (Lipinski definition) is 3. The van der Waals surface area contributed by atoms with Crippen molar-refractivity contribution < 1.29 is 5.11 Å². The Bertz CT molecular complexity index is 446. The van der Waals surface area contributed by atoms with E-state index in [-0.39, 0.29) is 0 Å². The molecule has 0 aromatic heterocycles. The third-order valence-corrected chi connectivity index (χ3v) is 4.34. The highest BCUT2D eigenvalue weighted by Crippen LogP contribution is 2.35. The first-order valence-corrected chi connectivity index (χ1v) is 7.56. The van der Waals surface area contributed by atoms with Gasteiger partial charge in [0.25, 0.3) is 0 Å². The number of halogens is 1. The number of benzene rings is 1. The van der Waals surface area contributed by atoms with E-state index in [2.05, 4.69) is 39.4 Å². The predicted octanol–water partition coefficient (Wildman–Crippen LogP) is 2.34. The standard InChI is InChI=1S/C15H23BrN2O/c1-15(19,10-18(2)3)9-17-14-8-7-11-12(14)5-4-6-13(11)16/h4-6,14,17,19H,7-10H2,1-3H3. The van der Waals surface area contributed by atoms with E-state index in [1.165, 1.54) is 15.6 Å². The maximum Gasteiger partial charge on any atom is 0.0869 e. The average Bonchev–Trinajstić information content (AvgIpc) is 2.69. The number of nitrogens with one attached hydrogen (secondary N) is 1. The first-order valence-electron chi connectivity index (χ1n) is 6.77. The van der Waals surface area contributed by atoms with Gasteiger partial charge in [-0.3, -0.25) is 0 Å². The van der Waals surface area contributed by atoms with Gasteiger partial charge in [0.05, 0.1) is 5.60 Å². The second-order valence-electron chi connectivity index (χ2n) is 6.01. The summed E-state index contributed by atoms with van der Waals surface area (Å²) >= 11 is 3.61. The highest BCUT2D eigenvalue weighted by molar-refractivity contribution is 9.10. The summed E-state index contributed by atoms with van der Waals surface area (Å²) < 4.78 is 1.20. The third kappa shape index (κ3) is 3.78. The van der Waals surface area contributed by atoms with Gasteiger partial charge < -0.3 is 15.3 Å². The maximum absolute atomic E-state index is 10.3. The minimum Gasteiger partial charge on any atom is -0.388 e. The van der Waals surface area contributed by atoms with Crippen LogP contribution in [-0.2, 0) is 6.42 Å². The van der Waals surface area contributed by atoms with E-state index >= 15 is 0 Å². The van der Waals surface area contributed by atoms with Crippen molar-refractivity contribution in [2.75, 3.05) is 27.2 Å². The van der Waals surface area contributed by atoms with Crippen LogP contribution in [0.5, 0.6) is 0 Å². The van der Waals surface area contributed by atoms with Crippen LogP contribution in [0.25, 0.3) is 0 Å². The van der Waals surface area contributed by atoms with Gasteiger partial charge in [-0.25, -0.2) is 0 Å². The Hall–Kier alpha value is -0.420. The van der Waals surface area contributed by atoms with Crippen LogP contribution in [0, 0.1) is 0 Å². The smallest absolute Gasteiger partial charge is 0.0869 e. The minimum absolute atomic E-state index is 0.362. The zero-order valence-electron chi connectivity index (χ0n) is 11.9. The molecule has 0 heterocycles. The molecule has 2 rings (SSSR count). The van der Waals surface area contributed by atoms with Crippen molar-refractivity contribution in [2.24, 2.45) is 0 Å². The minimum atomic E-state index is -0.696. The van der Waals surface area contributed by atoms with Gasteiger partial charge in [-0.1, -0.05) is 28.1 Å². The van der Waals surface area contributed by atoms with Crippen LogP contribution in [0.15, 0.2) is 22.7 Å². The summed E-state index contributed by atoms with van der Waals surface area (Å²) in [6.45, 7) is 3.16. The van der Waals surface area contributed by atoms with E-state index in [9.17, 15) is 5.11 Å². The predicted molar refractivity (Wildman–Crippen MR) is 82.4 cm³/mol. The molecule has 106 valence electrons. The van der Waals surface area contributed by atoms with E-state index in [0.29, 0.717) is 19.1 Å². The molecule has 2 unspecified atom stereocenters. The van der Waals surface area contributed by atoms with Gasteiger partial charge in [0.2, 0.25) is 0 Å². The number of fused-ring (bicyclic) bond motifs is 1. The number of aliphatic hydroxyl groups is 1. The van der Waals surface area contributed by atoms with E-state index in [1.807, 2.05) is 25.9 Å². The molecular formula is C15H23BrN2O.